The topological polar surface area (TPSA) is 18.5 Å². The summed E-state index contributed by atoms with van der Waals surface area (Å²) >= 11 is 0. The summed E-state index contributed by atoms with van der Waals surface area (Å²) in [5, 5.41) is 0. The van der Waals surface area contributed by atoms with Gasteiger partial charge >= 0.3 is 0 Å². The van der Waals surface area contributed by atoms with Gasteiger partial charge in [-0.15, -0.1) is 0 Å². The third-order valence-electron chi connectivity index (χ3n) is 10.8. The van der Waals surface area contributed by atoms with Crippen molar-refractivity contribution in [1.82, 2.24) is 0 Å². The average Bonchev–Trinajstić information content (AvgIpc) is 3.22. The Kier molecular flexibility index (Phi) is 3.18. The van der Waals surface area contributed by atoms with Gasteiger partial charge in [-0.3, -0.25) is 0 Å². The molecule has 2 nitrogen and oxygen atoms in total. The Morgan fingerprint density at radius 2 is 2.00 bits per heavy atom. The molecular formula is C24H36O2. The van der Waals surface area contributed by atoms with Gasteiger partial charge in [0, 0.05) is 24.5 Å². The number of methoxy groups -OCH3 is 1. The molecule has 1 heterocycles. The van der Waals surface area contributed by atoms with E-state index in [1.165, 1.54) is 64.2 Å². The smallest absolute Gasteiger partial charge is 0.0741 e. The molecule has 0 bridgehead atoms. The van der Waals surface area contributed by atoms with Crippen molar-refractivity contribution in [2.24, 2.45) is 34.0 Å². The van der Waals surface area contributed by atoms with Crippen LogP contribution in [0.3, 0.4) is 0 Å². The highest BCUT2D eigenvalue weighted by Gasteiger charge is 2.76. The van der Waals surface area contributed by atoms with Crippen LogP contribution >= 0.6 is 0 Å². The quantitative estimate of drug-likeness (QED) is 0.577. The van der Waals surface area contributed by atoms with E-state index in [2.05, 4.69) is 19.9 Å². The number of fused-ring (bicyclic) bond motifs is 5. The van der Waals surface area contributed by atoms with Crippen molar-refractivity contribution in [3.63, 3.8) is 0 Å². The molecule has 144 valence electrons. The maximum atomic E-state index is 6.61. The first-order valence-corrected chi connectivity index (χ1v) is 11.4. The Labute approximate surface area is 159 Å². The minimum absolute atomic E-state index is 0.175. The van der Waals surface area contributed by atoms with E-state index < -0.39 is 0 Å². The molecule has 0 aromatic carbocycles. The lowest BCUT2D eigenvalue weighted by molar-refractivity contribution is -0.159. The molecule has 1 aliphatic heterocycles. The van der Waals surface area contributed by atoms with E-state index in [0.717, 1.165) is 24.4 Å². The third-order valence-corrected chi connectivity index (χ3v) is 10.8. The average molecular weight is 357 g/mol. The lowest BCUT2D eigenvalue weighted by Crippen LogP contribution is -2.56. The molecule has 2 spiro atoms. The van der Waals surface area contributed by atoms with Crippen molar-refractivity contribution >= 4 is 0 Å². The fourth-order valence-corrected chi connectivity index (χ4v) is 9.42. The van der Waals surface area contributed by atoms with Gasteiger partial charge < -0.3 is 9.47 Å². The highest BCUT2D eigenvalue weighted by atomic mass is 16.5. The van der Waals surface area contributed by atoms with Crippen LogP contribution in [0, 0.1) is 34.0 Å². The molecule has 6 rings (SSSR count). The highest BCUT2D eigenvalue weighted by Crippen LogP contribution is 2.81. The van der Waals surface area contributed by atoms with Crippen molar-refractivity contribution in [1.29, 1.82) is 0 Å². The summed E-state index contributed by atoms with van der Waals surface area (Å²) in [6, 6.07) is 0. The molecule has 5 aliphatic carbocycles. The summed E-state index contributed by atoms with van der Waals surface area (Å²) < 4.78 is 12.8. The Balaban J connectivity index is 1.43. The largest absolute Gasteiger partial charge is 0.381 e. The van der Waals surface area contributed by atoms with Gasteiger partial charge in [0.05, 0.1) is 11.7 Å². The highest BCUT2D eigenvalue weighted by molar-refractivity contribution is 5.39. The molecule has 0 radical (unpaired) electrons. The van der Waals surface area contributed by atoms with Gasteiger partial charge in [-0.25, -0.2) is 0 Å². The van der Waals surface area contributed by atoms with Gasteiger partial charge in [0.1, 0.15) is 0 Å². The van der Waals surface area contributed by atoms with Gasteiger partial charge in [-0.1, -0.05) is 25.5 Å². The molecule has 26 heavy (non-hydrogen) atoms. The second kappa shape index (κ2) is 4.98. The maximum Gasteiger partial charge on any atom is 0.0741 e. The first kappa shape index (κ1) is 16.6. The molecule has 5 unspecified atom stereocenters. The monoisotopic (exact) mass is 356 g/mol. The Morgan fingerprint density at radius 3 is 2.73 bits per heavy atom. The van der Waals surface area contributed by atoms with Crippen molar-refractivity contribution in [2.75, 3.05) is 13.7 Å². The van der Waals surface area contributed by atoms with Gasteiger partial charge in [0.25, 0.3) is 0 Å². The van der Waals surface area contributed by atoms with Gasteiger partial charge in [0.2, 0.25) is 0 Å². The third kappa shape index (κ3) is 1.62. The number of allylic oxidation sites excluding steroid dienone is 2. The molecule has 4 saturated carbocycles. The zero-order valence-corrected chi connectivity index (χ0v) is 17.0. The number of hydrogen-bond acceptors (Lipinski definition) is 2. The van der Waals surface area contributed by atoms with E-state index in [0.29, 0.717) is 22.3 Å². The van der Waals surface area contributed by atoms with Crippen molar-refractivity contribution in [3.8, 4) is 0 Å². The summed E-state index contributed by atoms with van der Waals surface area (Å²) in [6.07, 6.45) is 16.7. The van der Waals surface area contributed by atoms with Crippen LogP contribution in [0.4, 0.5) is 0 Å². The predicted molar refractivity (Wildman–Crippen MR) is 103 cm³/mol. The van der Waals surface area contributed by atoms with Crippen molar-refractivity contribution < 1.29 is 9.47 Å². The maximum absolute atomic E-state index is 6.61. The minimum Gasteiger partial charge on any atom is -0.381 e. The van der Waals surface area contributed by atoms with E-state index in [-0.39, 0.29) is 5.60 Å². The van der Waals surface area contributed by atoms with Crippen LogP contribution in [0.1, 0.15) is 78.1 Å². The zero-order valence-electron chi connectivity index (χ0n) is 17.0. The first-order chi connectivity index (χ1) is 12.5. The molecule has 0 N–H and O–H groups in total. The van der Waals surface area contributed by atoms with Crippen molar-refractivity contribution in [3.05, 3.63) is 11.6 Å². The van der Waals surface area contributed by atoms with Crippen LogP contribution in [0.2, 0.25) is 0 Å². The number of ether oxygens (including phenoxy) is 2. The fraction of sp³-hybridized carbons (Fsp3) is 0.917. The summed E-state index contributed by atoms with van der Waals surface area (Å²) in [7, 11) is 1.99. The van der Waals surface area contributed by atoms with Gasteiger partial charge in [-0.05, 0) is 87.4 Å². The van der Waals surface area contributed by atoms with Crippen molar-refractivity contribution in [2.45, 2.75) is 89.8 Å². The molecule has 0 amide bonds. The standard InChI is InChI=1S/C24H36O2/c1-21-11-7-19-17(18(21)8-12-23(21)9-4-5-13-26-23)14-20(25-3)24-15-16(24)6-10-22(19,24)2/h7,16-18,20H,4-6,8-15H2,1-3H3/t16?,17?,18?,20-,21+,22-,23?,24?/m1/s1. The van der Waals surface area contributed by atoms with Crippen LogP contribution in [-0.2, 0) is 9.47 Å². The molecule has 0 aromatic heterocycles. The molecule has 6 aliphatic rings. The zero-order chi connectivity index (χ0) is 17.8. The van der Waals surface area contributed by atoms with Crippen LogP contribution in [-0.4, -0.2) is 25.4 Å². The van der Waals surface area contributed by atoms with E-state index in [1.54, 1.807) is 0 Å². The van der Waals surface area contributed by atoms with E-state index in [4.69, 9.17) is 9.47 Å². The SMILES string of the molecule is CO[C@@H]1CC2C(=CC[C@@]3(C)C2CCC32CCCCO2)[C@@]2(C)CCC3CC312. The second-order valence-corrected chi connectivity index (χ2v) is 11.1. The summed E-state index contributed by atoms with van der Waals surface area (Å²) in [5.41, 5.74) is 3.30. The lowest BCUT2D eigenvalue weighted by Gasteiger charge is -2.58. The Morgan fingerprint density at radius 1 is 1.12 bits per heavy atom. The minimum atomic E-state index is 0.175. The number of hydrogen-bond donors (Lipinski definition) is 0. The lowest BCUT2D eigenvalue weighted by atomic mass is 9.49. The van der Waals surface area contributed by atoms with Crippen LogP contribution < -0.4 is 0 Å². The van der Waals surface area contributed by atoms with Crippen LogP contribution in [0.15, 0.2) is 11.6 Å². The molecule has 5 fully saturated rings. The molecule has 2 heteroatoms. The molecule has 1 saturated heterocycles. The second-order valence-electron chi connectivity index (χ2n) is 11.1. The molecular weight excluding hydrogens is 320 g/mol. The Hall–Kier alpha value is -0.340. The van der Waals surface area contributed by atoms with Crippen LogP contribution in [0.25, 0.3) is 0 Å². The first-order valence-electron chi connectivity index (χ1n) is 11.4. The number of rotatable bonds is 1. The van der Waals surface area contributed by atoms with E-state index in [9.17, 15) is 0 Å². The molecule has 0 aromatic rings. The predicted octanol–water partition coefficient (Wildman–Crippen LogP) is 5.51. The van der Waals surface area contributed by atoms with Gasteiger partial charge in [0.15, 0.2) is 0 Å². The van der Waals surface area contributed by atoms with E-state index >= 15 is 0 Å². The Bertz CT molecular complexity index is 661. The van der Waals surface area contributed by atoms with Crippen LogP contribution in [0.5, 0.6) is 0 Å². The van der Waals surface area contributed by atoms with E-state index in [1.807, 2.05) is 12.7 Å². The summed E-state index contributed by atoms with van der Waals surface area (Å²) in [5.74, 6) is 2.51. The summed E-state index contributed by atoms with van der Waals surface area (Å²) in [6.45, 7) is 6.20. The molecule has 8 atom stereocenters. The normalized spacial score (nSPS) is 60.0. The van der Waals surface area contributed by atoms with Gasteiger partial charge in [-0.2, -0.15) is 0 Å². The fourth-order valence-electron chi connectivity index (χ4n) is 9.42. The summed E-state index contributed by atoms with van der Waals surface area (Å²) in [4.78, 5) is 0.